The first-order valence-electron chi connectivity index (χ1n) is 13.4. The van der Waals surface area contributed by atoms with E-state index in [0.29, 0.717) is 23.0 Å². The number of pyridine rings is 1. The van der Waals surface area contributed by atoms with E-state index in [1.807, 2.05) is 30.3 Å². The summed E-state index contributed by atoms with van der Waals surface area (Å²) in [6.07, 6.45) is 8.49. The van der Waals surface area contributed by atoms with Crippen molar-refractivity contribution in [1.82, 2.24) is 10.6 Å². The van der Waals surface area contributed by atoms with Crippen molar-refractivity contribution >= 4 is 12.0 Å². The molecular formula is C29H37N3O5. The number of aliphatic hydroxyl groups is 1. The monoisotopic (exact) mass is 507 g/mol. The van der Waals surface area contributed by atoms with E-state index in [9.17, 15) is 19.9 Å². The molecule has 1 unspecified atom stereocenters. The molecule has 2 atom stereocenters. The van der Waals surface area contributed by atoms with Gasteiger partial charge in [-0.15, -0.1) is 0 Å². The predicted molar refractivity (Wildman–Crippen MR) is 137 cm³/mol. The minimum absolute atomic E-state index is 0.0977. The highest BCUT2D eigenvalue weighted by Gasteiger charge is 2.50. The lowest BCUT2D eigenvalue weighted by molar-refractivity contribution is -0.605. The van der Waals surface area contributed by atoms with E-state index in [1.54, 1.807) is 19.1 Å². The Labute approximate surface area is 218 Å². The fourth-order valence-corrected chi connectivity index (χ4v) is 7.00. The fourth-order valence-electron chi connectivity index (χ4n) is 7.00. The second kappa shape index (κ2) is 10.7. The number of rotatable bonds is 9. The zero-order chi connectivity index (χ0) is 26.0. The van der Waals surface area contributed by atoms with Gasteiger partial charge < -0.3 is 25.7 Å². The van der Waals surface area contributed by atoms with Crippen LogP contribution in [0.5, 0.6) is 0 Å². The molecule has 4 bridgehead atoms. The summed E-state index contributed by atoms with van der Waals surface area (Å²) >= 11 is 0. The molecule has 0 aliphatic heterocycles. The van der Waals surface area contributed by atoms with Crippen molar-refractivity contribution in [2.75, 3.05) is 6.61 Å². The van der Waals surface area contributed by atoms with Crippen molar-refractivity contribution in [3.8, 4) is 0 Å². The number of benzene rings is 1. The predicted octanol–water partition coefficient (Wildman–Crippen LogP) is 2.89. The van der Waals surface area contributed by atoms with Gasteiger partial charge in [0.15, 0.2) is 12.4 Å². The molecule has 0 saturated heterocycles. The van der Waals surface area contributed by atoms with Crippen LogP contribution in [0.1, 0.15) is 50.2 Å². The molecule has 2 amide bonds. The van der Waals surface area contributed by atoms with Crippen LogP contribution in [0.2, 0.25) is 0 Å². The molecular weight excluding hydrogens is 470 g/mol. The Kier molecular flexibility index (Phi) is 7.38. The first-order chi connectivity index (χ1) is 17.8. The summed E-state index contributed by atoms with van der Waals surface area (Å²) in [5, 5.41) is 27.3. The van der Waals surface area contributed by atoms with Crippen molar-refractivity contribution in [3.63, 3.8) is 0 Å². The Morgan fingerprint density at radius 2 is 1.65 bits per heavy atom. The Balaban J connectivity index is 1.29. The number of ether oxygens (including phenoxy) is 1. The molecule has 0 radical (unpaired) electrons. The number of nitrogens with zero attached hydrogens (tertiary/aromatic N) is 1. The fraction of sp³-hybridized carbons (Fsp3) is 0.552. The van der Waals surface area contributed by atoms with Crippen LogP contribution in [-0.4, -0.2) is 41.4 Å². The van der Waals surface area contributed by atoms with Crippen LogP contribution in [0.3, 0.4) is 0 Å². The Morgan fingerprint density at radius 3 is 2.24 bits per heavy atom. The molecule has 3 N–H and O–H groups in total. The average Bonchev–Trinajstić information content (AvgIpc) is 2.87. The SMILES string of the molecule is CC(Cc1cc[n+]([O-])cc1)(NC(=O)OC1C2CC3CC(C2)CC1C3)C(=O)N[C@H](CO)Cc1ccccc1. The molecule has 198 valence electrons. The van der Waals surface area contributed by atoms with E-state index in [4.69, 9.17) is 4.74 Å². The zero-order valence-corrected chi connectivity index (χ0v) is 21.3. The van der Waals surface area contributed by atoms with Crippen molar-refractivity contribution in [1.29, 1.82) is 0 Å². The second-order valence-corrected chi connectivity index (χ2v) is 11.5. The number of aliphatic hydroxyl groups excluding tert-OH is 1. The van der Waals surface area contributed by atoms with Crippen LogP contribution in [0.25, 0.3) is 0 Å². The van der Waals surface area contributed by atoms with Crippen molar-refractivity contribution in [2.45, 2.75) is 69.6 Å². The maximum Gasteiger partial charge on any atom is 0.408 e. The number of carbonyl (C=O) groups excluding carboxylic acids is 2. The number of hydrogen-bond acceptors (Lipinski definition) is 5. The molecule has 1 aromatic carbocycles. The highest BCUT2D eigenvalue weighted by molar-refractivity contribution is 5.90. The molecule has 4 saturated carbocycles. The van der Waals surface area contributed by atoms with Gasteiger partial charge >= 0.3 is 6.09 Å². The van der Waals surface area contributed by atoms with E-state index in [1.165, 1.54) is 18.8 Å². The lowest BCUT2D eigenvalue weighted by Gasteiger charge is -2.53. The molecule has 4 aliphatic rings. The molecule has 1 aromatic heterocycles. The minimum atomic E-state index is -1.35. The van der Waals surface area contributed by atoms with Gasteiger partial charge in [0, 0.05) is 18.6 Å². The van der Waals surface area contributed by atoms with Crippen molar-refractivity contribution < 1.29 is 24.2 Å². The van der Waals surface area contributed by atoms with Gasteiger partial charge in [-0.3, -0.25) is 4.79 Å². The number of carbonyl (C=O) groups is 2. The summed E-state index contributed by atoms with van der Waals surface area (Å²) in [6, 6.07) is 12.4. The number of aromatic nitrogens is 1. The van der Waals surface area contributed by atoms with Gasteiger partial charge in [-0.2, -0.15) is 4.73 Å². The minimum Gasteiger partial charge on any atom is -0.619 e. The molecule has 2 aromatic rings. The van der Waals surface area contributed by atoms with Gasteiger partial charge in [0.25, 0.3) is 0 Å². The van der Waals surface area contributed by atoms with Gasteiger partial charge in [-0.05, 0) is 80.2 Å². The third-order valence-corrected chi connectivity index (χ3v) is 8.57. The van der Waals surface area contributed by atoms with Gasteiger partial charge in [0.05, 0.1) is 12.6 Å². The number of hydrogen-bond donors (Lipinski definition) is 3. The van der Waals surface area contributed by atoms with E-state index < -0.39 is 23.6 Å². The van der Waals surface area contributed by atoms with Crippen LogP contribution in [-0.2, 0) is 22.4 Å². The first kappa shape index (κ1) is 25.5. The van der Waals surface area contributed by atoms with E-state index in [-0.39, 0.29) is 19.1 Å². The summed E-state index contributed by atoms with van der Waals surface area (Å²) in [5.74, 6) is 1.94. The molecule has 37 heavy (non-hydrogen) atoms. The topological polar surface area (TPSA) is 115 Å². The molecule has 1 heterocycles. The number of alkyl carbamates (subject to hydrolysis) is 1. The maximum absolute atomic E-state index is 13.6. The molecule has 8 heteroatoms. The Morgan fingerprint density at radius 1 is 1.03 bits per heavy atom. The molecule has 0 spiro atoms. The van der Waals surface area contributed by atoms with E-state index in [0.717, 1.165) is 48.6 Å². The second-order valence-electron chi connectivity index (χ2n) is 11.5. The average molecular weight is 508 g/mol. The van der Waals surface area contributed by atoms with Crippen molar-refractivity contribution in [3.05, 3.63) is 71.2 Å². The van der Waals surface area contributed by atoms with Gasteiger partial charge in [0.2, 0.25) is 5.91 Å². The van der Waals surface area contributed by atoms with E-state index >= 15 is 0 Å². The van der Waals surface area contributed by atoms with E-state index in [2.05, 4.69) is 10.6 Å². The highest BCUT2D eigenvalue weighted by Crippen LogP contribution is 2.54. The van der Waals surface area contributed by atoms with Crippen LogP contribution >= 0.6 is 0 Å². The summed E-state index contributed by atoms with van der Waals surface area (Å²) in [4.78, 5) is 26.8. The largest absolute Gasteiger partial charge is 0.619 e. The summed E-state index contributed by atoms with van der Waals surface area (Å²) in [6.45, 7) is 1.42. The van der Waals surface area contributed by atoms with Crippen molar-refractivity contribution in [2.24, 2.45) is 23.7 Å². The summed E-state index contributed by atoms with van der Waals surface area (Å²) in [5.41, 5.74) is 0.367. The first-order valence-corrected chi connectivity index (χ1v) is 13.4. The Bertz CT molecular complexity index is 1060. The maximum atomic E-state index is 13.6. The lowest BCUT2D eigenvalue weighted by atomic mass is 9.55. The van der Waals surface area contributed by atoms with Crippen LogP contribution < -0.4 is 15.4 Å². The molecule has 8 nitrogen and oxygen atoms in total. The third kappa shape index (κ3) is 5.90. The zero-order valence-electron chi connectivity index (χ0n) is 21.3. The molecule has 6 rings (SSSR count). The molecule has 4 aliphatic carbocycles. The van der Waals surface area contributed by atoms with Crippen LogP contribution in [0.4, 0.5) is 4.79 Å². The van der Waals surface area contributed by atoms with Gasteiger partial charge in [-0.1, -0.05) is 30.3 Å². The molecule has 4 fully saturated rings. The highest BCUT2D eigenvalue weighted by atomic mass is 16.6. The van der Waals surface area contributed by atoms with Crippen LogP contribution in [0.15, 0.2) is 54.9 Å². The van der Waals surface area contributed by atoms with Gasteiger partial charge in [-0.25, -0.2) is 4.79 Å². The third-order valence-electron chi connectivity index (χ3n) is 8.57. The lowest BCUT2D eigenvalue weighted by Crippen LogP contribution is -2.61. The smallest absolute Gasteiger partial charge is 0.408 e. The standard InChI is InChI=1S/C29H37N3O5/c1-29(17-20-7-9-32(36)10-8-20,27(34)30-25(18-33)16-19-5-3-2-4-6-19)31-28(35)37-26-23-12-21-11-22(14-23)15-24(26)13-21/h2-10,21-26,33H,11-18H2,1H3,(H,30,34)(H,31,35)/t21?,22?,23?,24?,25-,26?,29?/m0/s1. The Hall–Kier alpha value is -3.13. The number of nitrogens with one attached hydrogen (secondary N) is 2. The summed E-state index contributed by atoms with van der Waals surface area (Å²) in [7, 11) is 0. The summed E-state index contributed by atoms with van der Waals surface area (Å²) < 4.78 is 6.70. The van der Waals surface area contributed by atoms with Gasteiger partial charge in [0.1, 0.15) is 11.6 Å². The normalized spacial score (nSPS) is 28.2. The van der Waals surface area contributed by atoms with Crippen LogP contribution in [0, 0.1) is 28.9 Å². The quantitative estimate of drug-likeness (QED) is 0.357. The number of amides is 2.